The zero-order valence-electron chi connectivity index (χ0n) is 14.8. The zero-order valence-corrected chi connectivity index (χ0v) is 14.8. The van der Waals surface area contributed by atoms with E-state index in [0.29, 0.717) is 19.1 Å². The molecule has 0 amide bonds. The van der Waals surface area contributed by atoms with Gasteiger partial charge in [-0.05, 0) is 38.0 Å². The van der Waals surface area contributed by atoms with E-state index in [4.69, 9.17) is 0 Å². The van der Waals surface area contributed by atoms with Gasteiger partial charge < -0.3 is 15.2 Å². The van der Waals surface area contributed by atoms with Crippen LogP contribution in [0.5, 0.6) is 0 Å². The van der Waals surface area contributed by atoms with Crippen LogP contribution in [0.1, 0.15) is 44.8 Å². The summed E-state index contributed by atoms with van der Waals surface area (Å²) in [5, 5.41) is 15.1. The van der Waals surface area contributed by atoms with Crippen LogP contribution in [0.25, 0.3) is 0 Å². The summed E-state index contributed by atoms with van der Waals surface area (Å²) < 4.78 is 1.97. The first kappa shape index (κ1) is 17.5. The Morgan fingerprint density at radius 1 is 1.30 bits per heavy atom. The van der Waals surface area contributed by atoms with Gasteiger partial charge in [0.1, 0.15) is 12.4 Å². The van der Waals surface area contributed by atoms with Gasteiger partial charge in [-0.2, -0.15) is 0 Å². The van der Waals surface area contributed by atoms with E-state index in [0.717, 1.165) is 29.4 Å². The Labute approximate surface area is 139 Å². The molecule has 6 nitrogen and oxygen atoms in total. The summed E-state index contributed by atoms with van der Waals surface area (Å²) in [5.41, 5.74) is 0. The highest BCUT2D eigenvalue weighted by Gasteiger charge is 2.24. The molecule has 128 valence electrons. The van der Waals surface area contributed by atoms with Crippen molar-refractivity contribution < 1.29 is 0 Å². The molecule has 2 N–H and O–H groups in total. The van der Waals surface area contributed by atoms with E-state index in [1.165, 1.54) is 19.3 Å². The number of hydrogen-bond donors (Lipinski definition) is 2. The summed E-state index contributed by atoms with van der Waals surface area (Å²) >= 11 is 0. The summed E-state index contributed by atoms with van der Waals surface area (Å²) in [4.78, 5) is 4.67. The topological polar surface area (TPSA) is 67.1 Å². The van der Waals surface area contributed by atoms with Gasteiger partial charge in [0.15, 0.2) is 11.8 Å². The van der Waals surface area contributed by atoms with Crippen molar-refractivity contribution in [3.63, 3.8) is 0 Å². The van der Waals surface area contributed by atoms with Crippen molar-refractivity contribution in [2.75, 3.05) is 6.54 Å². The van der Waals surface area contributed by atoms with Crippen LogP contribution in [-0.4, -0.2) is 33.3 Å². The maximum absolute atomic E-state index is 4.67. The molecule has 1 aromatic rings. The summed E-state index contributed by atoms with van der Waals surface area (Å²) in [6.45, 7) is 11.6. The maximum Gasteiger partial charge on any atom is 0.192 e. The van der Waals surface area contributed by atoms with Crippen LogP contribution in [0.15, 0.2) is 17.6 Å². The van der Waals surface area contributed by atoms with Gasteiger partial charge in [0.25, 0.3) is 0 Å². The number of guanidine groups is 1. The number of aryl methyl sites for hydroxylation is 1. The van der Waals surface area contributed by atoms with Crippen LogP contribution in [0, 0.1) is 18.8 Å². The second-order valence-corrected chi connectivity index (χ2v) is 6.82. The van der Waals surface area contributed by atoms with Crippen LogP contribution in [0.2, 0.25) is 0 Å². The van der Waals surface area contributed by atoms with Gasteiger partial charge in [-0.25, -0.2) is 4.99 Å². The number of rotatable bonds is 5. The number of aromatic nitrogens is 3. The summed E-state index contributed by atoms with van der Waals surface area (Å²) in [6, 6.07) is 0.478. The highest BCUT2D eigenvalue weighted by Crippen LogP contribution is 2.28. The van der Waals surface area contributed by atoms with Crippen LogP contribution >= 0.6 is 0 Å². The van der Waals surface area contributed by atoms with Crippen molar-refractivity contribution >= 4 is 5.96 Å². The molecule has 6 heteroatoms. The summed E-state index contributed by atoms with van der Waals surface area (Å²) in [7, 11) is 1.97. The van der Waals surface area contributed by atoms with Gasteiger partial charge in [-0.15, -0.1) is 16.8 Å². The molecule has 23 heavy (non-hydrogen) atoms. The Kier molecular flexibility index (Phi) is 6.19. The van der Waals surface area contributed by atoms with E-state index in [1.54, 1.807) is 0 Å². The third kappa shape index (κ3) is 5.08. The molecule has 2 unspecified atom stereocenters. The third-order valence-corrected chi connectivity index (χ3v) is 4.49. The van der Waals surface area contributed by atoms with E-state index >= 15 is 0 Å². The molecule has 1 aliphatic carbocycles. The lowest BCUT2D eigenvalue weighted by Crippen LogP contribution is -2.46. The normalized spacial score (nSPS) is 25.2. The quantitative estimate of drug-likeness (QED) is 0.496. The fourth-order valence-corrected chi connectivity index (χ4v) is 3.32. The smallest absolute Gasteiger partial charge is 0.192 e. The zero-order chi connectivity index (χ0) is 16.8. The SMILES string of the molecule is C=CCNC(=NCc1nnc(C)n1C)NC1CC(C)CC(C)C1. The molecular weight excluding hydrogens is 288 g/mol. The number of hydrogen-bond acceptors (Lipinski definition) is 3. The molecule has 2 rings (SSSR count). The molecule has 0 spiro atoms. The van der Waals surface area contributed by atoms with E-state index in [9.17, 15) is 0 Å². The lowest BCUT2D eigenvalue weighted by molar-refractivity contribution is 0.255. The second kappa shape index (κ2) is 8.13. The summed E-state index contributed by atoms with van der Waals surface area (Å²) in [6.07, 6.45) is 5.56. The second-order valence-electron chi connectivity index (χ2n) is 6.82. The molecule has 0 saturated heterocycles. The molecule has 1 heterocycles. The van der Waals surface area contributed by atoms with Gasteiger partial charge in [0.05, 0.1) is 0 Å². The minimum Gasteiger partial charge on any atom is -0.354 e. The molecule has 0 aliphatic heterocycles. The average molecular weight is 318 g/mol. The molecule has 1 aromatic heterocycles. The van der Waals surface area contributed by atoms with E-state index in [-0.39, 0.29) is 0 Å². The van der Waals surface area contributed by atoms with Crippen molar-refractivity contribution in [3.8, 4) is 0 Å². The molecule has 0 radical (unpaired) electrons. The number of nitrogens with zero attached hydrogens (tertiary/aromatic N) is 4. The maximum atomic E-state index is 4.67. The summed E-state index contributed by atoms with van der Waals surface area (Å²) in [5.74, 6) is 4.12. The molecular formula is C17H30N6. The van der Waals surface area contributed by atoms with E-state index in [1.807, 2.05) is 24.6 Å². The van der Waals surface area contributed by atoms with Crippen LogP contribution in [-0.2, 0) is 13.6 Å². The van der Waals surface area contributed by atoms with Gasteiger partial charge >= 0.3 is 0 Å². The Hall–Kier alpha value is -1.85. The molecule has 2 atom stereocenters. The molecule has 0 aromatic carbocycles. The minimum atomic E-state index is 0.478. The van der Waals surface area contributed by atoms with Crippen molar-refractivity contribution in [1.29, 1.82) is 0 Å². The van der Waals surface area contributed by atoms with Crippen molar-refractivity contribution in [1.82, 2.24) is 25.4 Å². The van der Waals surface area contributed by atoms with Crippen molar-refractivity contribution in [2.24, 2.45) is 23.9 Å². The van der Waals surface area contributed by atoms with Crippen LogP contribution < -0.4 is 10.6 Å². The van der Waals surface area contributed by atoms with Crippen LogP contribution in [0.4, 0.5) is 0 Å². The van der Waals surface area contributed by atoms with Crippen LogP contribution in [0.3, 0.4) is 0 Å². The first-order valence-electron chi connectivity index (χ1n) is 8.50. The Morgan fingerprint density at radius 3 is 2.57 bits per heavy atom. The fourth-order valence-electron chi connectivity index (χ4n) is 3.32. The Bertz CT molecular complexity index is 537. The number of nitrogens with one attached hydrogen (secondary N) is 2. The molecule has 1 fully saturated rings. The standard InChI is InChI=1S/C17H30N6/c1-6-7-18-17(19-11-16-22-21-14(4)23(16)5)20-15-9-12(2)8-13(3)10-15/h6,12-13,15H,1,7-11H2,2-5H3,(H2,18,19,20). The molecule has 0 bridgehead atoms. The average Bonchev–Trinajstić information content (AvgIpc) is 2.80. The monoisotopic (exact) mass is 318 g/mol. The first-order chi connectivity index (χ1) is 11.0. The highest BCUT2D eigenvalue weighted by atomic mass is 15.3. The Balaban J connectivity index is 2.02. The Morgan fingerprint density at radius 2 is 2.00 bits per heavy atom. The predicted molar refractivity (Wildman–Crippen MR) is 94.2 cm³/mol. The van der Waals surface area contributed by atoms with Crippen molar-refractivity contribution in [3.05, 3.63) is 24.3 Å². The number of aliphatic imine (C=N–C) groups is 1. The van der Waals surface area contributed by atoms with Gasteiger partial charge in [0, 0.05) is 19.6 Å². The predicted octanol–water partition coefficient (Wildman–Crippen LogP) is 2.17. The lowest BCUT2D eigenvalue weighted by atomic mass is 9.80. The highest BCUT2D eigenvalue weighted by molar-refractivity contribution is 5.80. The lowest BCUT2D eigenvalue weighted by Gasteiger charge is -2.32. The van der Waals surface area contributed by atoms with Gasteiger partial charge in [0.2, 0.25) is 0 Å². The molecule has 1 aliphatic rings. The molecule has 1 saturated carbocycles. The largest absolute Gasteiger partial charge is 0.354 e. The minimum absolute atomic E-state index is 0.478. The first-order valence-corrected chi connectivity index (χ1v) is 8.50. The third-order valence-electron chi connectivity index (χ3n) is 4.49. The van der Waals surface area contributed by atoms with Crippen molar-refractivity contribution in [2.45, 2.75) is 52.6 Å². The van der Waals surface area contributed by atoms with Gasteiger partial charge in [-0.3, -0.25) is 0 Å². The van der Waals surface area contributed by atoms with E-state index in [2.05, 4.69) is 46.2 Å². The van der Waals surface area contributed by atoms with E-state index < -0.39 is 0 Å². The fraction of sp³-hybridized carbons (Fsp3) is 0.706. The van der Waals surface area contributed by atoms with Gasteiger partial charge in [-0.1, -0.05) is 19.9 Å².